The number of aromatic nitrogens is 1. The van der Waals surface area contributed by atoms with Crippen LogP contribution in [0.25, 0.3) is 0 Å². The molecule has 0 saturated carbocycles. The van der Waals surface area contributed by atoms with Gasteiger partial charge in [0.1, 0.15) is 0 Å². The van der Waals surface area contributed by atoms with Crippen LogP contribution in [-0.2, 0) is 6.61 Å². The van der Waals surface area contributed by atoms with Gasteiger partial charge in [-0.05, 0) is 12.5 Å². The number of pyridine rings is 1. The van der Waals surface area contributed by atoms with Gasteiger partial charge in [-0.1, -0.05) is 0 Å². The second-order valence-corrected chi connectivity index (χ2v) is 2.66. The molecule has 0 bridgehead atoms. The van der Waals surface area contributed by atoms with E-state index in [1.807, 2.05) is 0 Å². The van der Waals surface area contributed by atoms with E-state index in [9.17, 15) is 13.6 Å². The van der Waals surface area contributed by atoms with Gasteiger partial charge in [0.05, 0.1) is 6.61 Å². The molecule has 1 aromatic heterocycles. The molecule has 0 amide bonds. The molecule has 0 aliphatic heterocycles. The van der Waals surface area contributed by atoms with Crippen LogP contribution in [0.1, 0.15) is 23.2 Å². The van der Waals surface area contributed by atoms with E-state index in [1.54, 1.807) is 0 Å². The van der Waals surface area contributed by atoms with E-state index in [4.69, 9.17) is 5.11 Å². The van der Waals surface area contributed by atoms with Gasteiger partial charge in [-0.15, -0.1) is 0 Å². The average molecular weight is 189 g/mol. The zero-order valence-corrected chi connectivity index (χ0v) is 6.97. The number of H-pyrrole nitrogens is 1. The number of hydrogen-bond acceptors (Lipinski definition) is 2. The van der Waals surface area contributed by atoms with E-state index >= 15 is 0 Å². The third-order valence-corrected chi connectivity index (χ3v) is 1.75. The number of aromatic amines is 1. The standard InChI is InChI=1S/C8H9F2NO2/c1-4-7(8(9)10)5(3-12)2-6(13)11-4/h2,8,12H,3H2,1H3,(H,11,13). The first-order chi connectivity index (χ1) is 6.06. The number of aryl methyl sites for hydroxylation is 1. The van der Waals surface area contributed by atoms with Gasteiger partial charge in [0, 0.05) is 17.3 Å². The molecule has 0 aliphatic rings. The summed E-state index contributed by atoms with van der Waals surface area (Å²) in [7, 11) is 0. The normalized spacial score (nSPS) is 10.8. The minimum Gasteiger partial charge on any atom is -0.392 e. The number of aliphatic hydroxyl groups excluding tert-OH is 1. The maximum Gasteiger partial charge on any atom is 0.265 e. The van der Waals surface area contributed by atoms with E-state index < -0.39 is 18.6 Å². The van der Waals surface area contributed by atoms with Crippen LogP contribution in [-0.4, -0.2) is 10.1 Å². The molecule has 0 aliphatic carbocycles. The molecule has 0 saturated heterocycles. The van der Waals surface area contributed by atoms with Crippen molar-refractivity contribution in [2.75, 3.05) is 0 Å². The van der Waals surface area contributed by atoms with Gasteiger partial charge in [0.2, 0.25) is 5.56 Å². The van der Waals surface area contributed by atoms with Crippen molar-refractivity contribution in [2.24, 2.45) is 0 Å². The van der Waals surface area contributed by atoms with Crippen molar-refractivity contribution in [1.82, 2.24) is 4.98 Å². The van der Waals surface area contributed by atoms with Gasteiger partial charge in [-0.2, -0.15) is 0 Å². The lowest BCUT2D eigenvalue weighted by Crippen LogP contribution is -2.12. The Labute approximate surface area is 73.0 Å². The number of halogens is 2. The smallest absolute Gasteiger partial charge is 0.265 e. The second-order valence-electron chi connectivity index (χ2n) is 2.66. The Morgan fingerprint density at radius 1 is 1.62 bits per heavy atom. The molecule has 2 N–H and O–H groups in total. The minimum absolute atomic E-state index is 0.0174. The number of aliphatic hydroxyl groups is 1. The minimum atomic E-state index is -2.68. The summed E-state index contributed by atoms with van der Waals surface area (Å²) in [5, 5.41) is 8.73. The summed E-state index contributed by atoms with van der Waals surface area (Å²) in [6.45, 7) is 0.826. The van der Waals surface area contributed by atoms with Crippen molar-refractivity contribution in [3.05, 3.63) is 33.2 Å². The third kappa shape index (κ3) is 1.92. The van der Waals surface area contributed by atoms with Crippen molar-refractivity contribution < 1.29 is 13.9 Å². The molecule has 0 unspecified atom stereocenters. The zero-order chi connectivity index (χ0) is 10.0. The SMILES string of the molecule is Cc1[nH]c(=O)cc(CO)c1C(F)F. The summed E-state index contributed by atoms with van der Waals surface area (Å²) in [5.41, 5.74) is -0.684. The van der Waals surface area contributed by atoms with E-state index in [1.165, 1.54) is 6.92 Å². The van der Waals surface area contributed by atoms with Crippen LogP contribution in [0.3, 0.4) is 0 Å². The van der Waals surface area contributed by atoms with Gasteiger partial charge in [-0.3, -0.25) is 4.79 Å². The van der Waals surface area contributed by atoms with E-state index in [0.29, 0.717) is 0 Å². The Morgan fingerprint density at radius 3 is 2.69 bits per heavy atom. The number of nitrogens with one attached hydrogen (secondary N) is 1. The molecule has 1 aromatic rings. The van der Waals surface area contributed by atoms with E-state index in [2.05, 4.69) is 4.98 Å². The van der Waals surface area contributed by atoms with Crippen LogP contribution in [0.2, 0.25) is 0 Å². The van der Waals surface area contributed by atoms with Crippen LogP contribution < -0.4 is 5.56 Å². The molecule has 1 rings (SSSR count). The maximum atomic E-state index is 12.4. The van der Waals surface area contributed by atoms with Gasteiger partial charge >= 0.3 is 0 Å². The fourth-order valence-electron chi connectivity index (χ4n) is 1.20. The van der Waals surface area contributed by atoms with Crippen LogP contribution in [0.15, 0.2) is 10.9 Å². The highest BCUT2D eigenvalue weighted by molar-refractivity contribution is 5.29. The third-order valence-electron chi connectivity index (χ3n) is 1.75. The summed E-state index contributed by atoms with van der Waals surface area (Å²) < 4.78 is 24.7. The maximum absolute atomic E-state index is 12.4. The fraction of sp³-hybridized carbons (Fsp3) is 0.375. The molecule has 0 atom stereocenters. The van der Waals surface area contributed by atoms with Gasteiger partial charge < -0.3 is 10.1 Å². The second kappa shape index (κ2) is 3.66. The van der Waals surface area contributed by atoms with Crippen LogP contribution in [0, 0.1) is 6.92 Å². The molecular formula is C8H9F2NO2. The summed E-state index contributed by atoms with van der Waals surface area (Å²) in [4.78, 5) is 13.1. The van der Waals surface area contributed by atoms with Crippen molar-refractivity contribution in [3.8, 4) is 0 Å². The molecule has 0 aromatic carbocycles. The van der Waals surface area contributed by atoms with Crippen LogP contribution >= 0.6 is 0 Å². The molecule has 72 valence electrons. The van der Waals surface area contributed by atoms with E-state index in [0.717, 1.165) is 6.07 Å². The summed E-state index contributed by atoms with van der Waals surface area (Å²) in [6.07, 6.45) is -2.68. The summed E-state index contributed by atoms with van der Waals surface area (Å²) >= 11 is 0. The van der Waals surface area contributed by atoms with Gasteiger partial charge in [-0.25, -0.2) is 8.78 Å². The first kappa shape index (κ1) is 9.85. The fourth-order valence-corrected chi connectivity index (χ4v) is 1.20. The monoisotopic (exact) mass is 189 g/mol. The highest BCUT2D eigenvalue weighted by Gasteiger charge is 2.16. The predicted octanol–water partition coefficient (Wildman–Crippen LogP) is 1.11. The molecule has 1 heterocycles. The van der Waals surface area contributed by atoms with Crippen molar-refractivity contribution in [3.63, 3.8) is 0 Å². The van der Waals surface area contributed by atoms with E-state index in [-0.39, 0.29) is 16.8 Å². The first-order valence-electron chi connectivity index (χ1n) is 3.68. The lowest BCUT2D eigenvalue weighted by atomic mass is 10.1. The summed E-state index contributed by atoms with van der Waals surface area (Å²) in [6, 6.07) is 0.981. The van der Waals surface area contributed by atoms with Gasteiger partial charge in [0.15, 0.2) is 0 Å². The Kier molecular flexibility index (Phi) is 2.77. The van der Waals surface area contributed by atoms with Crippen LogP contribution in [0.5, 0.6) is 0 Å². The lowest BCUT2D eigenvalue weighted by molar-refractivity contribution is 0.145. The number of alkyl halides is 2. The lowest BCUT2D eigenvalue weighted by Gasteiger charge is -2.08. The van der Waals surface area contributed by atoms with Crippen molar-refractivity contribution in [1.29, 1.82) is 0 Å². The number of hydrogen-bond donors (Lipinski definition) is 2. The quantitative estimate of drug-likeness (QED) is 0.732. The van der Waals surface area contributed by atoms with Crippen LogP contribution in [0.4, 0.5) is 8.78 Å². The Morgan fingerprint density at radius 2 is 2.23 bits per heavy atom. The molecule has 13 heavy (non-hydrogen) atoms. The Bertz CT molecular complexity index is 360. The zero-order valence-electron chi connectivity index (χ0n) is 6.97. The topological polar surface area (TPSA) is 53.1 Å². The molecule has 0 spiro atoms. The molecule has 5 heteroatoms. The Hall–Kier alpha value is -1.23. The predicted molar refractivity (Wildman–Crippen MR) is 42.7 cm³/mol. The van der Waals surface area contributed by atoms with Crippen molar-refractivity contribution >= 4 is 0 Å². The largest absolute Gasteiger partial charge is 0.392 e. The molecule has 3 nitrogen and oxygen atoms in total. The molecule has 0 radical (unpaired) electrons. The highest BCUT2D eigenvalue weighted by Crippen LogP contribution is 2.23. The summed E-state index contributed by atoms with van der Waals surface area (Å²) in [5.74, 6) is 0. The van der Waals surface area contributed by atoms with Gasteiger partial charge in [0.25, 0.3) is 6.43 Å². The Balaban J connectivity index is 3.38. The first-order valence-corrected chi connectivity index (χ1v) is 3.68. The molecule has 0 fully saturated rings. The highest BCUT2D eigenvalue weighted by atomic mass is 19.3. The van der Waals surface area contributed by atoms with Crippen molar-refractivity contribution in [2.45, 2.75) is 20.0 Å². The average Bonchev–Trinajstić information content (AvgIpc) is 2.01. The molecular weight excluding hydrogens is 180 g/mol. The number of rotatable bonds is 2.